The summed E-state index contributed by atoms with van der Waals surface area (Å²) in [5.74, 6) is 0. The predicted molar refractivity (Wildman–Crippen MR) is 71.3 cm³/mol. The number of nitrogens with zero attached hydrogens (tertiary/aromatic N) is 3. The van der Waals surface area contributed by atoms with Crippen LogP contribution in [-0.2, 0) is 0 Å². The van der Waals surface area contributed by atoms with Crippen LogP contribution in [0.1, 0.15) is 25.1 Å². The minimum atomic E-state index is -0.0742. The molecule has 17 heavy (non-hydrogen) atoms. The van der Waals surface area contributed by atoms with Crippen molar-refractivity contribution in [1.29, 1.82) is 0 Å². The van der Waals surface area contributed by atoms with E-state index in [4.69, 9.17) is 17.3 Å². The Bertz CT molecular complexity index is 526. The number of hydrogen-bond donors (Lipinski definition) is 1. The summed E-state index contributed by atoms with van der Waals surface area (Å²) in [6, 6.07) is 5.43. The Morgan fingerprint density at radius 3 is 2.94 bits per heavy atom. The molecule has 0 fully saturated rings. The molecule has 2 rings (SSSR count). The van der Waals surface area contributed by atoms with Gasteiger partial charge in [-0.1, -0.05) is 23.7 Å². The first-order valence-electron chi connectivity index (χ1n) is 5.25. The number of aromatic nitrogens is 3. The summed E-state index contributed by atoms with van der Waals surface area (Å²) in [5.41, 5.74) is 7.57. The first kappa shape index (κ1) is 12.5. The lowest BCUT2D eigenvalue weighted by molar-refractivity contribution is 0.670. The topological polar surface area (TPSA) is 56.7 Å². The van der Waals surface area contributed by atoms with Crippen molar-refractivity contribution in [3.8, 4) is 5.69 Å². The van der Waals surface area contributed by atoms with Gasteiger partial charge in [-0.2, -0.15) is 0 Å². The molecule has 1 heterocycles. The molecule has 0 saturated heterocycles. The highest BCUT2D eigenvalue weighted by molar-refractivity contribution is 9.10. The third-order valence-corrected chi connectivity index (χ3v) is 3.36. The lowest BCUT2D eigenvalue weighted by Gasteiger charge is -2.04. The van der Waals surface area contributed by atoms with Crippen LogP contribution in [0, 0.1) is 0 Å². The molecule has 1 atom stereocenters. The Labute approximate surface area is 113 Å². The molecule has 0 aliphatic rings. The second-order valence-corrected chi connectivity index (χ2v) is 4.99. The highest BCUT2D eigenvalue weighted by Crippen LogP contribution is 2.24. The molecule has 2 N–H and O–H groups in total. The SMILES string of the molecule is CCC(N)c1cn(-c2ccc(Cl)cc2Br)nn1. The highest BCUT2D eigenvalue weighted by Gasteiger charge is 2.10. The Balaban J connectivity index is 2.37. The van der Waals surface area contributed by atoms with Crippen LogP contribution in [0.15, 0.2) is 28.9 Å². The summed E-state index contributed by atoms with van der Waals surface area (Å²) < 4.78 is 2.55. The maximum Gasteiger partial charge on any atom is 0.0998 e. The summed E-state index contributed by atoms with van der Waals surface area (Å²) in [4.78, 5) is 0. The van der Waals surface area contributed by atoms with Crippen LogP contribution in [0.4, 0.5) is 0 Å². The Hall–Kier alpha value is -0.910. The molecule has 0 aliphatic heterocycles. The normalized spacial score (nSPS) is 12.7. The van der Waals surface area contributed by atoms with E-state index in [1.165, 1.54) is 0 Å². The van der Waals surface area contributed by atoms with Gasteiger partial charge in [0, 0.05) is 9.50 Å². The van der Waals surface area contributed by atoms with Gasteiger partial charge in [0.1, 0.15) is 0 Å². The summed E-state index contributed by atoms with van der Waals surface area (Å²) in [5, 5.41) is 8.79. The number of nitrogens with two attached hydrogens (primary N) is 1. The van der Waals surface area contributed by atoms with Crippen molar-refractivity contribution in [2.45, 2.75) is 19.4 Å². The van der Waals surface area contributed by atoms with E-state index in [9.17, 15) is 0 Å². The van der Waals surface area contributed by atoms with E-state index >= 15 is 0 Å². The zero-order valence-electron chi connectivity index (χ0n) is 9.27. The third-order valence-electron chi connectivity index (χ3n) is 2.49. The van der Waals surface area contributed by atoms with Crippen molar-refractivity contribution in [1.82, 2.24) is 15.0 Å². The van der Waals surface area contributed by atoms with Crippen molar-refractivity contribution < 1.29 is 0 Å². The molecule has 1 aromatic heterocycles. The fourth-order valence-corrected chi connectivity index (χ4v) is 2.30. The maximum absolute atomic E-state index is 5.90. The van der Waals surface area contributed by atoms with Gasteiger partial charge in [0.15, 0.2) is 0 Å². The van der Waals surface area contributed by atoms with Crippen LogP contribution in [0.2, 0.25) is 5.02 Å². The van der Waals surface area contributed by atoms with Crippen molar-refractivity contribution in [2.24, 2.45) is 5.73 Å². The largest absolute Gasteiger partial charge is 0.323 e. The van der Waals surface area contributed by atoms with Crippen LogP contribution < -0.4 is 5.73 Å². The molecule has 4 nitrogen and oxygen atoms in total. The molecule has 6 heteroatoms. The smallest absolute Gasteiger partial charge is 0.0998 e. The van der Waals surface area contributed by atoms with Crippen molar-refractivity contribution in [3.63, 3.8) is 0 Å². The molecule has 1 aromatic carbocycles. The van der Waals surface area contributed by atoms with Crippen LogP contribution in [0.5, 0.6) is 0 Å². The molecular formula is C11H12BrClN4. The molecule has 0 amide bonds. The molecule has 0 bridgehead atoms. The first-order valence-corrected chi connectivity index (χ1v) is 6.42. The monoisotopic (exact) mass is 314 g/mol. The van der Waals surface area contributed by atoms with Crippen LogP contribution >= 0.6 is 27.5 Å². The van der Waals surface area contributed by atoms with Crippen molar-refractivity contribution in [3.05, 3.63) is 39.6 Å². The highest BCUT2D eigenvalue weighted by atomic mass is 79.9. The summed E-state index contributed by atoms with van der Waals surface area (Å²) in [6.45, 7) is 2.02. The summed E-state index contributed by atoms with van der Waals surface area (Å²) in [7, 11) is 0. The van der Waals surface area contributed by atoms with Gasteiger partial charge in [-0.3, -0.25) is 0 Å². The fourth-order valence-electron chi connectivity index (χ4n) is 1.44. The molecule has 0 radical (unpaired) electrons. The van der Waals surface area contributed by atoms with Crippen LogP contribution in [0.3, 0.4) is 0 Å². The molecule has 2 aromatic rings. The van der Waals surface area contributed by atoms with E-state index < -0.39 is 0 Å². The van der Waals surface area contributed by atoms with Gasteiger partial charge >= 0.3 is 0 Å². The zero-order chi connectivity index (χ0) is 12.4. The molecule has 90 valence electrons. The van der Waals surface area contributed by atoms with E-state index in [1.54, 1.807) is 4.68 Å². The van der Waals surface area contributed by atoms with Gasteiger partial charge in [-0.05, 0) is 40.5 Å². The van der Waals surface area contributed by atoms with Gasteiger partial charge in [-0.15, -0.1) is 5.10 Å². The molecule has 0 saturated carbocycles. The predicted octanol–water partition coefficient (Wildman–Crippen LogP) is 3.09. The van der Waals surface area contributed by atoms with Crippen LogP contribution in [-0.4, -0.2) is 15.0 Å². The van der Waals surface area contributed by atoms with E-state index in [2.05, 4.69) is 26.2 Å². The molecule has 0 spiro atoms. The number of halogens is 2. The Morgan fingerprint density at radius 1 is 1.53 bits per heavy atom. The number of benzene rings is 1. The van der Waals surface area contributed by atoms with E-state index in [1.807, 2.05) is 31.3 Å². The van der Waals surface area contributed by atoms with Gasteiger partial charge in [0.2, 0.25) is 0 Å². The number of rotatable bonds is 3. The molecule has 0 aliphatic carbocycles. The first-order chi connectivity index (χ1) is 8.11. The standard InChI is InChI=1S/C11H12BrClN4/c1-2-9(14)10-6-17(16-15-10)11-4-3-7(13)5-8(11)12/h3-6,9H,2,14H2,1H3. The number of hydrogen-bond acceptors (Lipinski definition) is 3. The average Bonchev–Trinajstić information content (AvgIpc) is 2.77. The minimum Gasteiger partial charge on any atom is -0.323 e. The lowest BCUT2D eigenvalue weighted by atomic mass is 10.2. The van der Waals surface area contributed by atoms with E-state index in [0.717, 1.165) is 22.3 Å². The second-order valence-electron chi connectivity index (χ2n) is 3.70. The summed E-state index contributed by atoms with van der Waals surface area (Å²) >= 11 is 9.33. The van der Waals surface area contributed by atoms with Crippen molar-refractivity contribution in [2.75, 3.05) is 0 Å². The van der Waals surface area contributed by atoms with Gasteiger partial charge in [0.25, 0.3) is 0 Å². The second kappa shape index (κ2) is 5.16. The quantitative estimate of drug-likeness (QED) is 0.947. The summed E-state index contributed by atoms with van der Waals surface area (Å²) in [6.07, 6.45) is 2.67. The van der Waals surface area contributed by atoms with E-state index in [0.29, 0.717) is 5.02 Å². The fraction of sp³-hybridized carbons (Fsp3) is 0.273. The van der Waals surface area contributed by atoms with E-state index in [-0.39, 0.29) is 6.04 Å². The van der Waals surface area contributed by atoms with Crippen molar-refractivity contribution >= 4 is 27.5 Å². The zero-order valence-corrected chi connectivity index (χ0v) is 11.6. The Morgan fingerprint density at radius 2 is 2.29 bits per heavy atom. The minimum absolute atomic E-state index is 0.0742. The lowest BCUT2D eigenvalue weighted by Crippen LogP contribution is -2.08. The average molecular weight is 316 g/mol. The maximum atomic E-state index is 5.90. The van der Waals surface area contributed by atoms with Crippen LogP contribution in [0.25, 0.3) is 5.69 Å². The van der Waals surface area contributed by atoms with Gasteiger partial charge in [0.05, 0.1) is 23.6 Å². The molecule has 1 unspecified atom stereocenters. The molecular weight excluding hydrogens is 304 g/mol. The Kier molecular flexibility index (Phi) is 3.81. The third kappa shape index (κ3) is 2.68. The van der Waals surface area contributed by atoms with Gasteiger partial charge < -0.3 is 5.73 Å². The van der Waals surface area contributed by atoms with Gasteiger partial charge in [-0.25, -0.2) is 4.68 Å².